The summed E-state index contributed by atoms with van der Waals surface area (Å²) in [4.78, 5) is 30.3. The zero-order chi connectivity index (χ0) is 20.7. The minimum Gasteiger partial charge on any atom is -0.377 e. The van der Waals surface area contributed by atoms with Gasteiger partial charge < -0.3 is 4.84 Å². The van der Waals surface area contributed by atoms with Crippen LogP contribution in [0.3, 0.4) is 0 Å². The molecule has 28 heavy (non-hydrogen) atoms. The van der Waals surface area contributed by atoms with Crippen LogP contribution in [0.1, 0.15) is 29.4 Å². The second kappa shape index (κ2) is 7.26. The van der Waals surface area contributed by atoms with Crippen molar-refractivity contribution in [3.8, 4) is 6.07 Å². The fourth-order valence-electron chi connectivity index (χ4n) is 3.24. The Morgan fingerprint density at radius 3 is 2.68 bits per heavy atom. The number of allylic oxidation sites excluding steroid dienone is 4. The Morgan fingerprint density at radius 1 is 1.50 bits per heavy atom. The van der Waals surface area contributed by atoms with Gasteiger partial charge in [-0.15, -0.1) is 0 Å². The molecular weight excluding hydrogens is 408 g/mol. The fraction of sp³-hybridized carbons (Fsp3) is 0.353. The first-order chi connectivity index (χ1) is 13.2. The molecule has 146 valence electrons. The number of hydrogen-bond acceptors (Lipinski definition) is 7. The second-order valence-corrected chi connectivity index (χ2v) is 7.73. The van der Waals surface area contributed by atoms with Crippen LogP contribution in [0.4, 0.5) is 0 Å². The van der Waals surface area contributed by atoms with Crippen LogP contribution in [0.25, 0.3) is 0 Å². The van der Waals surface area contributed by atoms with E-state index in [9.17, 15) is 18.0 Å². The van der Waals surface area contributed by atoms with Crippen molar-refractivity contribution in [2.24, 2.45) is 18.1 Å². The number of aromatic nitrogens is 2. The molecule has 1 aliphatic carbocycles. The van der Waals surface area contributed by atoms with E-state index in [4.69, 9.17) is 21.7 Å². The van der Waals surface area contributed by atoms with Crippen molar-refractivity contribution in [3.05, 3.63) is 43.9 Å². The van der Waals surface area contributed by atoms with Crippen molar-refractivity contribution >= 4 is 38.3 Å². The van der Waals surface area contributed by atoms with E-state index in [0.29, 0.717) is 11.4 Å². The van der Waals surface area contributed by atoms with Gasteiger partial charge in [-0.05, 0) is 13.0 Å². The molecule has 1 aromatic heterocycles. The van der Waals surface area contributed by atoms with Crippen LogP contribution in [0.5, 0.6) is 0 Å². The summed E-state index contributed by atoms with van der Waals surface area (Å²) in [5.74, 6) is -1.40. The highest BCUT2D eigenvalue weighted by Crippen LogP contribution is 2.36. The topological polar surface area (TPSA) is 134 Å². The fourth-order valence-corrected chi connectivity index (χ4v) is 4.27. The lowest BCUT2D eigenvalue weighted by Gasteiger charge is -2.22. The molecular formula is C17H15ClN4O5S. The minimum atomic E-state index is -2.63. The van der Waals surface area contributed by atoms with Crippen LogP contribution in [0.15, 0.2) is 32.2 Å². The number of nitrogens with one attached hydrogen (secondary N) is 1. The Morgan fingerprint density at radius 2 is 2.18 bits per heavy atom. The molecule has 2 heterocycles. The lowest BCUT2D eigenvalue weighted by molar-refractivity contribution is 0.103. The number of carbonyl (C=O) groups excluding carboxylic acids is 1. The van der Waals surface area contributed by atoms with Crippen LogP contribution in [-0.2, 0) is 22.2 Å². The number of rotatable bonds is 3. The summed E-state index contributed by atoms with van der Waals surface area (Å²) in [5.41, 5.74) is 0.106. The van der Waals surface area contributed by atoms with Crippen molar-refractivity contribution in [1.29, 1.82) is 5.26 Å². The number of hydrogen-bond donors (Lipinski definition) is 1. The summed E-state index contributed by atoms with van der Waals surface area (Å²) < 4.78 is 24.6. The molecule has 0 saturated carbocycles. The van der Waals surface area contributed by atoms with Crippen molar-refractivity contribution in [2.75, 3.05) is 0 Å². The first-order valence-corrected chi connectivity index (χ1v) is 9.63. The second-order valence-electron chi connectivity index (χ2n) is 6.41. The standard InChI is InChI=1S/C17H15ClN4O5S/c1-7-12(28(25)26)5-10(16(23)14-8(2)20-22(3)17(14)24)15(18)13(7)11-4-9(6-19)27-21-11/h5,7,9,20H,4H2,1-3H3. The Balaban J connectivity index is 2.20. The van der Waals surface area contributed by atoms with Gasteiger partial charge in [0.1, 0.15) is 11.6 Å². The summed E-state index contributed by atoms with van der Waals surface area (Å²) >= 11 is 6.48. The number of Topliss-reactive ketones (excluding diaryl/α,β-unsaturated/α-hetero) is 1. The van der Waals surface area contributed by atoms with E-state index in [2.05, 4.69) is 10.3 Å². The molecule has 1 aromatic rings. The Bertz CT molecular complexity index is 1220. The first kappa shape index (κ1) is 19.9. The maximum absolute atomic E-state index is 13.1. The zero-order valence-corrected chi connectivity index (χ0v) is 16.7. The third kappa shape index (κ3) is 3.12. The molecule has 0 fully saturated rings. The quantitative estimate of drug-likeness (QED) is 0.570. The van der Waals surface area contributed by atoms with E-state index in [0.717, 1.165) is 4.68 Å². The van der Waals surface area contributed by atoms with Crippen molar-refractivity contribution < 1.29 is 18.0 Å². The average Bonchev–Trinajstić information content (AvgIpc) is 3.19. The Hall–Kier alpha value is -2.90. The number of halogens is 1. The average molecular weight is 423 g/mol. The molecule has 0 radical (unpaired) electrons. The summed E-state index contributed by atoms with van der Waals surface area (Å²) in [5, 5.41) is 15.5. The highest BCUT2D eigenvalue weighted by molar-refractivity contribution is 7.73. The lowest BCUT2D eigenvalue weighted by Crippen LogP contribution is -2.28. The number of aromatic amines is 1. The van der Waals surface area contributed by atoms with Crippen LogP contribution in [-0.4, -0.2) is 40.7 Å². The molecule has 9 nitrogen and oxygen atoms in total. The normalized spacial score (nSPS) is 21.8. The van der Waals surface area contributed by atoms with Gasteiger partial charge in [0.25, 0.3) is 5.56 Å². The van der Waals surface area contributed by atoms with E-state index in [1.54, 1.807) is 13.8 Å². The Labute approximate surface area is 166 Å². The molecule has 0 spiro atoms. The van der Waals surface area contributed by atoms with Crippen molar-refractivity contribution in [3.63, 3.8) is 0 Å². The van der Waals surface area contributed by atoms with E-state index < -0.39 is 33.7 Å². The van der Waals surface area contributed by atoms with Gasteiger partial charge in [0.05, 0.1) is 15.6 Å². The van der Waals surface area contributed by atoms with Gasteiger partial charge in [-0.1, -0.05) is 23.7 Å². The van der Waals surface area contributed by atoms with E-state index in [1.807, 2.05) is 6.07 Å². The molecule has 2 atom stereocenters. The third-order valence-corrected chi connectivity index (χ3v) is 5.90. The molecule has 11 heteroatoms. The van der Waals surface area contributed by atoms with Gasteiger partial charge in [-0.3, -0.25) is 19.4 Å². The highest BCUT2D eigenvalue weighted by atomic mass is 35.5. The van der Waals surface area contributed by atoms with Crippen LogP contribution < -0.4 is 5.56 Å². The first-order valence-electron chi connectivity index (χ1n) is 8.18. The van der Waals surface area contributed by atoms with E-state index >= 15 is 0 Å². The van der Waals surface area contributed by atoms with Gasteiger partial charge in [-0.25, -0.2) is 0 Å². The number of ketones is 1. The van der Waals surface area contributed by atoms with Gasteiger partial charge in [0, 0.05) is 36.2 Å². The third-order valence-electron chi connectivity index (χ3n) is 4.64. The Kier molecular flexibility index (Phi) is 5.14. The molecule has 0 bridgehead atoms. The molecule has 2 unspecified atom stereocenters. The largest absolute Gasteiger partial charge is 0.377 e. The van der Waals surface area contributed by atoms with Crippen molar-refractivity contribution in [1.82, 2.24) is 9.78 Å². The van der Waals surface area contributed by atoms with E-state index in [1.165, 1.54) is 13.1 Å². The zero-order valence-electron chi connectivity index (χ0n) is 15.1. The van der Waals surface area contributed by atoms with Gasteiger partial charge in [-0.2, -0.15) is 13.7 Å². The molecule has 3 rings (SSSR count). The van der Waals surface area contributed by atoms with Crippen LogP contribution in [0.2, 0.25) is 0 Å². The number of oxime groups is 1. The van der Waals surface area contributed by atoms with Crippen LogP contribution >= 0.6 is 11.6 Å². The number of H-pyrrole nitrogens is 1. The molecule has 0 saturated heterocycles. The number of nitriles is 1. The molecule has 2 aliphatic rings. The smallest absolute Gasteiger partial charge is 0.277 e. The minimum absolute atomic E-state index is 0.0182. The summed E-state index contributed by atoms with van der Waals surface area (Å²) in [6, 6.07) is 1.91. The van der Waals surface area contributed by atoms with Gasteiger partial charge in [0.15, 0.2) is 0 Å². The summed E-state index contributed by atoms with van der Waals surface area (Å²) in [7, 11) is -1.17. The maximum atomic E-state index is 13.1. The van der Waals surface area contributed by atoms with Crippen molar-refractivity contribution in [2.45, 2.75) is 26.4 Å². The SMILES string of the molecule is Cc1[nH]n(C)c(=O)c1C(=O)C1=CC(=S(=O)=O)C(C)C(C2=NOC(C#N)C2)=C1Cl. The van der Waals surface area contributed by atoms with E-state index in [-0.39, 0.29) is 33.0 Å². The number of aryl methyl sites for hydroxylation is 2. The predicted octanol–water partition coefficient (Wildman–Crippen LogP) is 0.993. The summed E-state index contributed by atoms with van der Waals surface area (Å²) in [6.45, 7) is 3.16. The lowest BCUT2D eigenvalue weighted by atomic mass is 9.83. The molecule has 0 amide bonds. The van der Waals surface area contributed by atoms with Gasteiger partial charge >= 0.3 is 0 Å². The number of carbonyl (C=O) groups is 1. The molecule has 1 aliphatic heterocycles. The highest BCUT2D eigenvalue weighted by Gasteiger charge is 2.36. The monoisotopic (exact) mass is 422 g/mol. The van der Waals surface area contributed by atoms with Crippen LogP contribution in [0, 0.1) is 24.2 Å². The predicted molar refractivity (Wildman–Crippen MR) is 102 cm³/mol. The van der Waals surface area contributed by atoms with Gasteiger partial charge in [0.2, 0.25) is 22.2 Å². The molecule has 1 N–H and O–H groups in total. The maximum Gasteiger partial charge on any atom is 0.277 e. The summed E-state index contributed by atoms with van der Waals surface area (Å²) in [6.07, 6.45) is 0.466. The number of nitrogens with zero attached hydrogens (tertiary/aromatic N) is 3. The molecule has 0 aromatic carbocycles.